The van der Waals surface area contributed by atoms with Gasteiger partial charge in [0.1, 0.15) is 0 Å². The fourth-order valence-corrected chi connectivity index (χ4v) is 3.27. The van der Waals surface area contributed by atoms with Crippen molar-refractivity contribution < 1.29 is 4.79 Å². The number of hydrogen-bond donors (Lipinski definition) is 2. The fourth-order valence-electron chi connectivity index (χ4n) is 3.27. The molecule has 3 nitrogen and oxygen atoms in total. The van der Waals surface area contributed by atoms with Crippen LogP contribution in [0.1, 0.15) is 51.5 Å². The topological polar surface area (TPSA) is 55.1 Å². The number of benzene rings is 2. The summed E-state index contributed by atoms with van der Waals surface area (Å²) in [5.41, 5.74) is 11.1. The van der Waals surface area contributed by atoms with Crippen LogP contribution in [0, 0.1) is 6.92 Å². The van der Waals surface area contributed by atoms with Crippen LogP contribution < -0.4 is 11.1 Å². The van der Waals surface area contributed by atoms with Gasteiger partial charge < -0.3 is 11.1 Å². The zero-order valence-corrected chi connectivity index (χ0v) is 12.4. The zero-order chi connectivity index (χ0) is 15.0. The van der Waals surface area contributed by atoms with Crippen LogP contribution in [-0.4, -0.2) is 5.91 Å². The van der Waals surface area contributed by atoms with Gasteiger partial charge in [-0.3, -0.25) is 4.79 Å². The van der Waals surface area contributed by atoms with Gasteiger partial charge in [-0.1, -0.05) is 37.3 Å². The Labute approximate surface area is 125 Å². The number of nitrogens with one attached hydrogen (secondary N) is 1. The van der Waals surface area contributed by atoms with E-state index >= 15 is 0 Å². The summed E-state index contributed by atoms with van der Waals surface area (Å²) in [5, 5.41) is 3.56. The van der Waals surface area contributed by atoms with E-state index in [0.29, 0.717) is 11.5 Å². The number of nitrogens with two attached hydrogens (primary N) is 1. The molecule has 3 rings (SSSR count). The van der Waals surface area contributed by atoms with E-state index in [-0.39, 0.29) is 11.9 Å². The summed E-state index contributed by atoms with van der Waals surface area (Å²) in [4.78, 5) is 11.3. The second kappa shape index (κ2) is 5.34. The van der Waals surface area contributed by atoms with Gasteiger partial charge in [-0.15, -0.1) is 0 Å². The van der Waals surface area contributed by atoms with E-state index in [9.17, 15) is 4.79 Å². The molecule has 2 aromatic rings. The molecule has 0 aromatic heterocycles. The van der Waals surface area contributed by atoms with Gasteiger partial charge in [-0.2, -0.15) is 0 Å². The maximum atomic E-state index is 11.3. The smallest absolute Gasteiger partial charge is 0.248 e. The Morgan fingerprint density at radius 1 is 1.29 bits per heavy atom. The molecule has 21 heavy (non-hydrogen) atoms. The van der Waals surface area contributed by atoms with E-state index in [1.165, 1.54) is 22.3 Å². The molecule has 0 bridgehead atoms. The Balaban J connectivity index is 1.94. The standard InChI is InChI=1S/C18H20N2O/c1-11-5-3-4-6-15(11)12(2)17-16-8-7-13(18(19)21)9-14(16)10-20-17/h3-9,12,17,20H,10H2,1-2H3,(H2,19,21)/t12-,17?/m0/s1. The van der Waals surface area contributed by atoms with Crippen molar-refractivity contribution in [3.05, 3.63) is 70.3 Å². The first-order valence-electron chi connectivity index (χ1n) is 7.29. The van der Waals surface area contributed by atoms with Gasteiger partial charge in [-0.05, 0) is 41.3 Å². The van der Waals surface area contributed by atoms with Crippen LogP contribution in [0.4, 0.5) is 0 Å². The molecule has 1 amide bonds. The van der Waals surface area contributed by atoms with E-state index in [0.717, 1.165) is 6.54 Å². The second-order valence-electron chi connectivity index (χ2n) is 5.78. The van der Waals surface area contributed by atoms with Crippen LogP contribution in [0.15, 0.2) is 42.5 Å². The third-order valence-electron chi connectivity index (χ3n) is 4.45. The first-order chi connectivity index (χ1) is 10.1. The lowest BCUT2D eigenvalue weighted by Crippen LogP contribution is -2.19. The van der Waals surface area contributed by atoms with Crippen molar-refractivity contribution in [1.29, 1.82) is 0 Å². The Morgan fingerprint density at radius 3 is 2.76 bits per heavy atom. The predicted octanol–water partition coefficient (Wildman–Crippen LogP) is 3.04. The molecular weight excluding hydrogens is 260 g/mol. The van der Waals surface area contributed by atoms with Crippen molar-refractivity contribution in [1.82, 2.24) is 5.32 Å². The van der Waals surface area contributed by atoms with Gasteiger partial charge in [0, 0.05) is 24.1 Å². The minimum absolute atomic E-state index is 0.281. The van der Waals surface area contributed by atoms with Crippen molar-refractivity contribution in [2.45, 2.75) is 32.4 Å². The minimum Gasteiger partial charge on any atom is -0.366 e. The van der Waals surface area contributed by atoms with E-state index in [4.69, 9.17) is 5.73 Å². The summed E-state index contributed by atoms with van der Waals surface area (Å²) >= 11 is 0. The van der Waals surface area contributed by atoms with Crippen LogP contribution in [0.5, 0.6) is 0 Å². The van der Waals surface area contributed by atoms with Gasteiger partial charge in [0.15, 0.2) is 0 Å². The van der Waals surface area contributed by atoms with Gasteiger partial charge in [-0.25, -0.2) is 0 Å². The minimum atomic E-state index is -0.367. The van der Waals surface area contributed by atoms with Crippen molar-refractivity contribution in [3.8, 4) is 0 Å². The number of fused-ring (bicyclic) bond motifs is 1. The quantitative estimate of drug-likeness (QED) is 0.908. The van der Waals surface area contributed by atoms with E-state index in [2.05, 4.69) is 43.4 Å². The largest absolute Gasteiger partial charge is 0.366 e. The highest BCUT2D eigenvalue weighted by atomic mass is 16.1. The summed E-state index contributed by atoms with van der Waals surface area (Å²) in [7, 11) is 0. The highest BCUT2D eigenvalue weighted by Gasteiger charge is 2.28. The summed E-state index contributed by atoms with van der Waals surface area (Å²) < 4.78 is 0. The molecule has 0 saturated heterocycles. The third-order valence-corrected chi connectivity index (χ3v) is 4.45. The summed E-state index contributed by atoms with van der Waals surface area (Å²) in [6, 6.07) is 14.6. The summed E-state index contributed by atoms with van der Waals surface area (Å²) in [6.07, 6.45) is 0. The molecule has 0 spiro atoms. The molecule has 3 N–H and O–H groups in total. The van der Waals surface area contributed by atoms with Crippen molar-refractivity contribution >= 4 is 5.91 Å². The third kappa shape index (κ3) is 2.45. The molecule has 1 unspecified atom stereocenters. The average molecular weight is 280 g/mol. The Bertz CT molecular complexity index is 693. The summed E-state index contributed by atoms with van der Waals surface area (Å²) in [5.74, 6) is 0.0140. The Morgan fingerprint density at radius 2 is 2.05 bits per heavy atom. The van der Waals surface area contributed by atoms with E-state index in [1.54, 1.807) is 0 Å². The monoisotopic (exact) mass is 280 g/mol. The van der Waals surface area contributed by atoms with Crippen LogP contribution >= 0.6 is 0 Å². The molecule has 1 heterocycles. The molecule has 0 saturated carbocycles. The maximum Gasteiger partial charge on any atom is 0.248 e. The molecule has 0 radical (unpaired) electrons. The van der Waals surface area contributed by atoms with Crippen LogP contribution in [0.25, 0.3) is 0 Å². The van der Waals surface area contributed by atoms with Gasteiger partial charge >= 0.3 is 0 Å². The first-order valence-corrected chi connectivity index (χ1v) is 7.29. The van der Waals surface area contributed by atoms with Gasteiger partial charge in [0.2, 0.25) is 5.91 Å². The number of hydrogen-bond acceptors (Lipinski definition) is 2. The molecule has 0 aliphatic carbocycles. The zero-order valence-electron chi connectivity index (χ0n) is 12.4. The Hall–Kier alpha value is -2.13. The van der Waals surface area contributed by atoms with Gasteiger partial charge in [0.25, 0.3) is 0 Å². The number of amides is 1. The Kier molecular flexibility index (Phi) is 3.52. The second-order valence-corrected chi connectivity index (χ2v) is 5.78. The van der Waals surface area contributed by atoms with Gasteiger partial charge in [0.05, 0.1) is 0 Å². The fraction of sp³-hybridized carbons (Fsp3) is 0.278. The summed E-state index contributed by atoms with van der Waals surface area (Å²) in [6.45, 7) is 5.19. The van der Waals surface area contributed by atoms with E-state index < -0.39 is 0 Å². The highest BCUT2D eigenvalue weighted by molar-refractivity contribution is 5.93. The lowest BCUT2D eigenvalue weighted by molar-refractivity contribution is 0.1000. The SMILES string of the molecule is Cc1ccccc1[C@H](C)C1NCc2cc(C(N)=O)ccc21. The molecule has 1 aliphatic rings. The predicted molar refractivity (Wildman–Crippen MR) is 84.1 cm³/mol. The van der Waals surface area contributed by atoms with Crippen molar-refractivity contribution in [2.75, 3.05) is 0 Å². The van der Waals surface area contributed by atoms with Crippen LogP contribution in [0.2, 0.25) is 0 Å². The van der Waals surface area contributed by atoms with Crippen LogP contribution in [0.3, 0.4) is 0 Å². The first kappa shape index (κ1) is 13.8. The molecule has 2 aromatic carbocycles. The number of rotatable bonds is 3. The number of primary amides is 1. The van der Waals surface area contributed by atoms with E-state index in [1.807, 2.05) is 18.2 Å². The number of aryl methyl sites for hydroxylation is 1. The molecule has 108 valence electrons. The molecule has 0 fully saturated rings. The van der Waals surface area contributed by atoms with Crippen molar-refractivity contribution in [3.63, 3.8) is 0 Å². The molecule has 3 heteroatoms. The maximum absolute atomic E-state index is 11.3. The normalized spacial score (nSPS) is 18.3. The molecular formula is C18H20N2O. The lowest BCUT2D eigenvalue weighted by atomic mass is 9.86. The molecule has 1 aliphatic heterocycles. The number of carbonyl (C=O) groups excluding carboxylic acids is 1. The highest BCUT2D eigenvalue weighted by Crippen LogP contribution is 2.37. The van der Waals surface area contributed by atoms with Crippen LogP contribution in [-0.2, 0) is 6.54 Å². The average Bonchev–Trinajstić information content (AvgIpc) is 2.90. The number of carbonyl (C=O) groups is 1. The van der Waals surface area contributed by atoms with Crippen molar-refractivity contribution in [2.24, 2.45) is 5.73 Å². The molecule has 2 atom stereocenters. The lowest BCUT2D eigenvalue weighted by Gasteiger charge is -2.23.